The number of guanidine groups is 1. The number of hydrogen-bond donors (Lipinski definition) is 2. The second kappa shape index (κ2) is 12.7. The summed E-state index contributed by atoms with van der Waals surface area (Å²) in [5, 5.41) is 10.7. The van der Waals surface area contributed by atoms with Crippen LogP contribution in [0.3, 0.4) is 0 Å². The van der Waals surface area contributed by atoms with Gasteiger partial charge in [-0.3, -0.25) is 9.67 Å². The lowest BCUT2D eigenvalue weighted by molar-refractivity contribution is 0.135. The highest BCUT2D eigenvalue weighted by Crippen LogP contribution is 1.99. The number of rotatable bonds is 9. The van der Waals surface area contributed by atoms with Crippen molar-refractivity contribution in [1.29, 1.82) is 0 Å². The highest BCUT2D eigenvalue weighted by atomic mass is 127. The topological polar surface area (TPSA) is 63.5 Å². The van der Waals surface area contributed by atoms with Crippen LogP contribution in [0.1, 0.15) is 17.7 Å². The lowest BCUT2D eigenvalue weighted by atomic mass is 10.2. The number of nitrogens with one attached hydrogen (secondary N) is 2. The number of ether oxygens (including phenoxy) is 1. The molecular formula is C18H28IN5O. The van der Waals surface area contributed by atoms with Crippen molar-refractivity contribution in [3.05, 3.63) is 53.9 Å². The Hall–Kier alpha value is -1.61. The first kappa shape index (κ1) is 21.4. The van der Waals surface area contributed by atoms with E-state index >= 15 is 0 Å². The van der Waals surface area contributed by atoms with E-state index in [1.165, 1.54) is 5.56 Å². The molecule has 0 bridgehead atoms. The summed E-state index contributed by atoms with van der Waals surface area (Å²) in [6, 6.07) is 12.4. The first-order valence-electron chi connectivity index (χ1n) is 8.32. The molecule has 1 aromatic carbocycles. The number of aliphatic imine (C=N–C) groups is 1. The molecule has 6 nitrogen and oxygen atoms in total. The highest BCUT2D eigenvalue weighted by molar-refractivity contribution is 14.0. The number of halogens is 1. The number of nitrogens with zero attached hydrogens (tertiary/aromatic N) is 3. The van der Waals surface area contributed by atoms with Crippen molar-refractivity contribution < 1.29 is 4.74 Å². The molecule has 0 saturated carbocycles. The molecule has 25 heavy (non-hydrogen) atoms. The minimum Gasteiger partial charge on any atom is -0.381 e. The maximum Gasteiger partial charge on any atom is 0.191 e. The van der Waals surface area contributed by atoms with Gasteiger partial charge in [-0.2, -0.15) is 5.10 Å². The Kier molecular flexibility index (Phi) is 10.9. The van der Waals surface area contributed by atoms with Crippen LogP contribution in [0.15, 0.2) is 47.6 Å². The van der Waals surface area contributed by atoms with Crippen LogP contribution >= 0.6 is 24.0 Å². The number of aromatic nitrogens is 2. The summed E-state index contributed by atoms with van der Waals surface area (Å²) in [7, 11) is 3.70. The Morgan fingerprint density at radius 3 is 2.64 bits per heavy atom. The van der Waals surface area contributed by atoms with E-state index in [2.05, 4.69) is 45.0 Å². The van der Waals surface area contributed by atoms with Gasteiger partial charge in [-0.1, -0.05) is 30.3 Å². The van der Waals surface area contributed by atoms with Crippen LogP contribution in [0, 0.1) is 0 Å². The molecule has 2 N–H and O–H groups in total. The largest absolute Gasteiger partial charge is 0.381 e. The fourth-order valence-corrected chi connectivity index (χ4v) is 2.29. The Labute approximate surface area is 167 Å². The number of benzene rings is 1. The van der Waals surface area contributed by atoms with Crippen LogP contribution in [-0.2, 0) is 24.8 Å². The van der Waals surface area contributed by atoms with Gasteiger partial charge in [0, 0.05) is 33.4 Å². The van der Waals surface area contributed by atoms with Crippen molar-refractivity contribution in [1.82, 2.24) is 20.4 Å². The summed E-state index contributed by atoms with van der Waals surface area (Å²) >= 11 is 0. The van der Waals surface area contributed by atoms with E-state index in [-0.39, 0.29) is 24.0 Å². The van der Waals surface area contributed by atoms with Gasteiger partial charge in [-0.15, -0.1) is 24.0 Å². The average Bonchev–Trinajstić information content (AvgIpc) is 3.02. The van der Waals surface area contributed by atoms with Crippen LogP contribution in [0.2, 0.25) is 0 Å². The monoisotopic (exact) mass is 457 g/mol. The molecule has 0 fully saturated rings. The van der Waals surface area contributed by atoms with Crippen molar-refractivity contribution in [3.8, 4) is 0 Å². The molecule has 7 heteroatoms. The molecule has 0 atom stereocenters. The quantitative estimate of drug-likeness (QED) is 0.263. The van der Waals surface area contributed by atoms with Crippen LogP contribution < -0.4 is 10.6 Å². The molecule has 0 aliphatic heterocycles. The van der Waals surface area contributed by atoms with Gasteiger partial charge in [0.25, 0.3) is 0 Å². The molecule has 2 rings (SSSR count). The zero-order chi connectivity index (χ0) is 17.0. The third kappa shape index (κ3) is 8.35. The lowest BCUT2D eigenvalue weighted by Crippen LogP contribution is -2.38. The van der Waals surface area contributed by atoms with E-state index in [4.69, 9.17) is 4.74 Å². The molecule has 0 radical (unpaired) electrons. The van der Waals surface area contributed by atoms with Gasteiger partial charge in [-0.25, -0.2) is 0 Å². The van der Waals surface area contributed by atoms with Gasteiger partial charge in [0.05, 0.1) is 18.8 Å². The molecule has 2 aromatic rings. The van der Waals surface area contributed by atoms with Gasteiger partial charge in [0.15, 0.2) is 5.96 Å². The summed E-state index contributed by atoms with van der Waals surface area (Å²) in [4.78, 5) is 4.21. The normalized spacial score (nSPS) is 11.0. The molecule has 138 valence electrons. The van der Waals surface area contributed by atoms with Crippen molar-refractivity contribution >= 4 is 29.9 Å². The molecule has 0 aliphatic rings. The minimum absolute atomic E-state index is 0. The molecule has 1 aromatic heterocycles. The summed E-state index contributed by atoms with van der Waals surface area (Å²) in [5.74, 6) is 0.792. The van der Waals surface area contributed by atoms with E-state index in [0.717, 1.165) is 44.3 Å². The maximum atomic E-state index is 5.68. The third-order valence-corrected chi connectivity index (χ3v) is 3.72. The Morgan fingerprint density at radius 2 is 1.96 bits per heavy atom. The predicted molar refractivity (Wildman–Crippen MR) is 112 cm³/mol. The van der Waals surface area contributed by atoms with Gasteiger partial charge in [-0.05, 0) is 24.5 Å². The second-order valence-electron chi connectivity index (χ2n) is 5.50. The smallest absolute Gasteiger partial charge is 0.191 e. The average molecular weight is 457 g/mol. The van der Waals surface area contributed by atoms with Gasteiger partial charge >= 0.3 is 0 Å². The van der Waals surface area contributed by atoms with E-state index < -0.39 is 0 Å². The van der Waals surface area contributed by atoms with Crippen LogP contribution in [0.25, 0.3) is 0 Å². The van der Waals surface area contributed by atoms with Gasteiger partial charge in [0.1, 0.15) is 0 Å². The van der Waals surface area contributed by atoms with Crippen molar-refractivity contribution in [2.75, 3.05) is 26.8 Å². The Bertz CT molecular complexity index is 615. The van der Waals surface area contributed by atoms with Crippen molar-refractivity contribution in [2.45, 2.75) is 19.4 Å². The fourth-order valence-electron chi connectivity index (χ4n) is 2.29. The second-order valence-corrected chi connectivity index (χ2v) is 5.50. The zero-order valence-electron chi connectivity index (χ0n) is 14.9. The fraction of sp³-hybridized carbons (Fsp3) is 0.444. The number of aryl methyl sites for hydroxylation is 1. The van der Waals surface area contributed by atoms with Crippen LogP contribution in [0.5, 0.6) is 0 Å². The standard InChI is InChI=1S/C18H27N5O.HI/c1-19-18(21-15-17-9-12-22-23(17)2)20-11-6-13-24-14-10-16-7-4-3-5-8-16;/h3-5,7-9,12H,6,10-11,13-15H2,1-2H3,(H2,19,20,21);1H. The Morgan fingerprint density at radius 1 is 1.16 bits per heavy atom. The Balaban J connectivity index is 0.00000312. The van der Waals surface area contributed by atoms with Crippen molar-refractivity contribution in [3.63, 3.8) is 0 Å². The molecular weight excluding hydrogens is 429 g/mol. The van der Waals surface area contributed by atoms with E-state index in [1.54, 1.807) is 13.2 Å². The summed E-state index contributed by atoms with van der Waals surface area (Å²) in [5.41, 5.74) is 2.43. The molecule has 0 saturated heterocycles. The lowest BCUT2D eigenvalue weighted by Gasteiger charge is -2.12. The summed E-state index contributed by atoms with van der Waals surface area (Å²) in [6.07, 6.45) is 3.70. The highest BCUT2D eigenvalue weighted by Gasteiger charge is 2.01. The minimum atomic E-state index is 0. The van der Waals surface area contributed by atoms with Gasteiger partial charge in [0.2, 0.25) is 0 Å². The maximum absolute atomic E-state index is 5.68. The van der Waals surface area contributed by atoms with Crippen LogP contribution in [0.4, 0.5) is 0 Å². The predicted octanol–water partition coefficient (Wildman–Crippen LogP) is 2.35. The SMILES string of the molecule is CN=C(NCCCOCCc1ccccc1)NCc1ccnn1C.I. The third-order valence-electron chi connectivity index (χ3n) is 3.72. The van der Waals surface area contributed by atoms with Crippen LogP contribution in [-0.4, -0.2) is 42.5 Å². The molecule has 1 heterocycles. The molecule has 0 amide bonds. The van der Waals surface area contributed by atoms with Gasteiger partial charge < -0.3 is 15.4 Å². The van der Waals surface area contributed by atoms with E-state index in [1.807, 2.05) is 23.9 Å². The zero-order valence-corrected chi connectivity index (χ0v) is 17.3. The van der Waals surface area contributed by atoms with Crippen molar-refractivity contribution in [2.24, 2.45) is 12.0 Å². The number of hydrogen-bond acceptors (Lipinski definition) is 3. The first-order valence-corrected chi connectivity index (χ1v) is 8.32. The summed E-state index contributed by atoms with van der Waals surface area (Å²) < 4.78 is 7.52. The molecule has 0 unspecified atom stereocenters. The molecule has 0 spiro atoms. The first-order chi connectivity index (χ1) is 11.8. The summed E-state index contributed by atoms with van der Waals surface area (Å²) in [6.45, 7) is 3.04. The molecule has 0 aliphatic carbocycles. The van der Waals surface area contributed by atoms with E-state index in [0.29, 0.717) is 6.54 Å². The van der Waals surface area contributed by atoms with E-state index in [9.17, 15) is 0 Å².